The highest BCUT2D eigenvalue weighted by Crippen LogP contribution is 2.43. The molecule has 3 rings (SSSR count). The van der Waals surface area contributed by atoms with Crippen molar-refractivity contribution in [2.75, 3.05) is 0 Å². The van der Waals surface area contributed by atoms with Crippen LogP contribution in [0.5, 0.6) is 0 Å². The fourth-order valence-corrected chi connectivity index (χ4v) is 6.81. The first-order valence-corrected chi connectivity index (χ1v) is 16.3. The van der Waals surface area contributed by atoms with Crippen LogP contribution in [0.15, 0.2) is 60.7 Å². The first-order chi connectivity index (χ1) is 20.2. The quantitative estimate of drug-likeness (QED) is 0.157. The molecule has 0 saturated heterocycles. The predicted molar refractivity (Wildman–Crippen MR) is 170 cm³/mol. The average molecular weight is 579 g/mol. The van der Waals surface area contributed by atoms with Gasteiger partial charge in [-0.3, -0.25) is 9.59 Å². The van der Waals surface area contributed by atoms with Crippen LogP contribution in [0, 0.1) is 5.41 Å². The topological polar surface area (TPSA) is 98.7 Å². The summed E-state index contributed by atoms with van der Waals surface area (Å²) in [5, 5.41) is 30.1. The number of hydrogen-bond acceptors (Lipinski definition) is 4. The summed E-state index contributed by atoms with van der Waals surface area (Å²) in [4.78, 5) is 28.3. The van der Waals surface area contributed by atoms with Crippen molar-refractivity contribution in [3.05, 3.63) is 71.8 Å². The number of carbonyl (C=O) groups is 2. The van der Waals surface area contributed by atoms with Crippen LogP contribution in [0.2, 0.25) is 0 Å². The molecular formula is C36H54N2O4. The molecule has 2 aromatic carbocycles. The molecule has 0 unspecified atom stereocenters. The molecule has 0 aromatic heterocycles. The summed E-state index contributed by atoms with van der Waals surface area (Å²) in [7, 11) is 0. The maximum atomic E-state index is 14.1. The predicted octanol–water partition coefficient (Wildman–Crippen LogP) is 6.27. The third kappa shape index (κ3) is 8.23. The number of amides is 2. The van der Waals surface area contributed by atoms with Crippen molar-refractivity contribution in [1.29, 1.82) is 0 Å². The lowest BCUT2D eigenvalue weighted by Gasteiger charge is -2.45. The van der Waals surface area contributed by atoms with Gasteiger partial charge in [0.2, 0.25) is 11.8 Å². The van der Waals surface area contributed by atoms with Gasteiger partial charge in [-0.2, -0.15) is 0 Å². The molecule has 4 N–H and O–H groups in total. The molecule has 2 amide bonds. The van der Waals surface area contributed by atoms with E-state index in [9.17, 15) is 19.8 Å². The summed E-state index contributed by atoms with van der Waals surface area (Å²) >= 11 is 0. The molecule has 1 fully saturated rings. The van der Waals surface area contributed by atoms with E-state index >= 15 is 0 Å². The summed E-state index contributed by atoms with van der Waals surface area (Å²) in [5.41, 5.74) is -1.29. The molecular weight excluding hydrogens is 524 g/mol. The van der Waals surface area contributed by atoms with E-state index < -0.39 is 28.7 Å². The highest BCUT2D eigenvalue weighted by atomic mass is 16.3. The lowest BCUT2D eigenvalue weighted by Crippen LogP contribution is -2.64. The maximum Gasteiger partial charge on any atom is 0.236 e. The van der Waals surface area contributed by atoms with Crippen molar-refractivity contribution in [2.24, 2.45) is 5.41 Å². The van der Waals surface area contributed by atoms with Crippen molar-refractivity contribution in [2.45, 2.75) is 134 Å². The molecule has 0 aliphatic heterocycles. The monoisotopic (exact) mass is 578 g/mol. The molecule has 42 heavy (non-hydrogen) atoms. The summed E-state index contributed by atoms with van der Waals surface area (Å²) in [6.45, 7) is 8.18. The highest BCUT2D eigenvalue weighted by molar-refractivity contribution is 6.06. The Morgan fingerprint density at radius 3 is 1.26 bits per heavy atom. The van der Waals surface area contributed by atoms with Crippen LogP contribution in [0.25, 0.3) is 0 Å². The first kappa shape index (κ1) is 33.8. The van der Waals surface area contributed by atoms with Gasteiger partial charge in [0, 0.05) is 0 Å². The van der Waals surface area contributed by atoms with Crippen LogP contribution < -0.4 is 10.6 Å². The average Bonchev–Trinajstić information content (AvgIpc) is 2.93. The number of aliphatic hydroxyl groups is 2. The molecule has 0 heterocycles. The molecule has 1 aliphatic carbocycles. The maximum absolute atomic E-state index is 14.1. The largest absolute Gasteiger partial charge is 0.388 e. The smallest absolute Gasteiger partial charge is 0.236 e. The summed E-state index contributed by atoms with van der Waals surface area (Å²) in [6.07, 6.45) is 8.11. The second kappa shape index (κ2) is 15.7. The molecule has 1 saturated carbocycles. The minimum atomic E-state index is -1.21. The van der Waals surface area contributed by atoms with E-state index in [0.717, 1.165) is 43.2 Å². The van der Waals surface area contributed by atoms with Crippen LogP contribution >= 0.6 is 0 Å². The Kier molecular flexibility index (Phi) is 12.6. The molecule has 232 valence electrons. The van der Waals surface area contributed by atoms with Gasteiger partial charge >= 0.3 is 0 Å². The highest BCUT2D eigenvalue weighted by Gasteiger charge is 2.53. The van der Waals surface area contributed by atoms with Gasteiger partial charge in [0.25, 0.3) is 0 Å². The standard InChI is InChI=1S/C36H54N2O4/c1-5-20-35(41,21-6-2)30(26-28-16-11-9-12-17-28)37-32(39)34(24-15-25-34)33(40)38-31(27-29-18-13-10-14-19-29)36(42,22-7-3)23-8-4/h9-14,16-19,30-31,41-42H,5-8,15,20-27H2,1-4H3,(H,37,39)(H,38,40)/t30-,31-/m1/s1. The summed E-state index contributed by atoms with van der Waals surface area (Å²) in [5.74, 6) is -0.628. The zero-order valence-electron chi connectivity index (χ0n) is 26.3. The lowest BCUT2D eigenvalue weighted by molar-refractivity contribution is -0.153. The van der Waals surface area contributed by atoms with E-state index in [1.165, 1.54) is 0 Å². The van der Waals surface area contributed by atoms with E-state index in [1.807, 2.05) is 88.4 Å². The summed E-state index contributed by atoms with van der Waals surface area (Å²) in [6, 6.07) is 18.8. The van der Waals surface area contributed by atoms with Crippen molar-refractivity contribution < 1.29 is 19.8 Å². The summed E-state index contributed by atoms with van der Waals surface area (Å²) < 4.78 is 0. The number of hydrogen-bond donors (Lipinski definition) is 4. The minimum absolute atomic E-state index is 0.314. The molecule has 0 bridgehead atoms. The number of carbonyl (C=O) groups excluding carboxylic acids is 2. The van der Waals surface area contributed by atoms with Crippen molar-refractivity contribution in [1.82, 2.24) is 10.6 Å². The third-order valence-electron chi connectivity index (χ3n) is 9.28. The van der Waals surface area contributed by atoms with Gasteiger partial charge < -0.3 is 20.8 Å². The Bertz CT molecular complexity index is 1000. The second-order valence-electron chi connectivity index (χ2n) is 12.6. The van der Waals surface area contributed by atoms with Crippen LogP contribution in [-0.4, -0.2) is 45.3 Å². The molecule has 2 atom stereocenters. The van der Waals surface area contributed by atoms with Crippen molar-refractivity contribution >= 4 is 11.8 Å². The van der Waals surface area contributed by atoms with Gasteiger partial charge in [-0.1, -0.05) is 120 Å². The zero-order valence-corrected chi connectivity index (χ0v) is 26.3. The van der Waals surface area contributed by atoms with E-state index in [1.54, 1.807) is 0 Å². The first-order valence-electron chi connectivity index (χ1n) is 16.3. The Morgan fingerprint density at radius 1 is 0.667 bits per heavy atom. The Hall–Kier alpha value is -2.70. The molecule has 1 aliphatic rings. The Labute approximate surface area is 253 Å². The van der Waals surface area contributed by atoms with Gasteiger partial charge in [-0.15, -0.1) is 0 Å². The fraction of sp³-hybridized carbons (Fsp3) is 0.611. The van der Waals surface area contributed by atoms with E-state index in [-0.39, 0.29) is 11.8 Å². The van der Waals surface area contributed by atoms with Crippen molar-refractivity contribution in [3.63, 3.8) is 0 Å². The fourth-order valence-electron chi connectivity index (χ4n) is 6.81. The second-order valence-corrected chi connectivity index (χ2v) is 12.6. The van der Waals surface area contributed by atoms with Gasteiger partial charge in [-0.05, 0) is 62.5 Å². The normalized spacial score (nSPS) is 16.2. The SMILES string of the molecule is CCCC(O)(CCC)[C@@H](Cc1ccccc1)NC(=O)C1(C(=O)N[C@H](Cc2ccccc2)C(O)(CCC)CCC)CCC1. The van der Waals surface area contributed by atoms with Crippen LogP contribution in [0.3, 0.4) is 0 Å². The number of rotatable bonds is 18. The van der Waals surface area contributed by atoms with Crippen LogP contribution in [0.1, 0.15) is 109 Å². The zero-order chi connectivity index (χ0) is 30.6. The van der Waals surface area contributed by atoms with E-state index in [4.69, 9.17) is 0 Å². The van der Waals surface area contributed by atoms with Crippen LogP contribution in [-0.2, 0) is 22.4 Å². The van der Waals surface area contributed by atoms with E-state index in [0.29, 0.717) is 51.4 Å². The van der Waals surface area contributed by atoms with Gasteiger partial charge in [0.1, 0.15) is 5.41 Å². The number of benzene rings is 2. The lowest BCUT2D eigenvalue weighted by atomic mass is 9.66. The Balaban J connectivity index is 1.90. The molecule has 6 heteroatoms. The Morgan fingerprint density at radius 2 is 1.00 bits per heavy atom. The minimum Gasteiger partial charge on any atom is -0.388 e. The molecule has 6 nitrogen and oxygen atoms in total. The molecule has 0 spiro atoms. The van der Waals surface area contributed by atoms with E-state index in [2.05, 4.69) is 10.6 Å². The molecule has 0 radical (unpaired) electrons. The van der Waals surface area contributed by atoms with Gasteiger partial charge in [-0.25, -0.2) is 0 Å². The van der Waals surface area contributed by atoms with Gasteiger partial charge in [0.05, 0.1) is 23.3 Å². The number of nitrogens with one attached hydrogen (secondary N) is 2. The van der Waals surface area contributed by atoms with Crippen molar-refractivity contribution in [3.8, 4) is 0 Å². The third-order valence-corrected chi connectivity index (χ3v) is 9.28. The molecule has 2 aromatic rings. The van der Waals surface area contributed by atoms with Gasteiger partial charge in [0.15, 0.2) is 0 Å². The van der Waals surface area contributed by atoms with Crippen LogP contribution in [0.4, 0.5) is 0 Å².